The van der Waals surface area contributed by atoms with Gasteiger partial charge in [-0.25, -0.2) is 0 Å². The van der Waals surface area contributed by atoms with E-state index in [4.69, 9.17) is 5.73 Å². The van der Waals surface area contributed by atoms with Crippen LogP contribution in [0.3, 0.4) is 0 Å². The Hall–Kier alpha value is -1.59. The van der Waals surface area contributed by atoms with E-state index < -0.39 is 0 Å². The van der Waals surface area contributed by atoms with Crippen LogP contribution < -0.4 is 11.1 Å². The summed E-state index contributed by atoms with van der Waals surface area (Å²) in [6, 6.07) is 7.86. The molecule has 3 N–H and O–H groups in total. The summed E-state index contributed by atoms with van der Waals surface area (Å²) in [5.41, 5.74) is 7.13. The van der Waals surface area contributed by atoms with Crippen LogP contribution in [-0.4, -0.2) is 54.5 Å². The third kappa shape index (κ3) is 4.72. The van der Waals surface area contributed by atoms with Crippen LogP contribution in [0.25, 0.3) is 0 Å². The van der Waals surface area contributed by atoms with Gasteiger partial charge in [0.1, 0.15) is 0 Å². The molecule has 0 saturated carbocycles. The number of benzene rings is 1. The standard InChI is InChI=1S/C16H26N4O/c1-3-20-10-9-19(12-13(20)2)8-7-16(21)18-15-6-4-5-14(17)11-15/h4-6,11,13H,3,7-10,12,17H2,1-2H3,(H,18,21). The lowest BCUT2D eigenvalue weighted by atomic mass is 10.2. The number of hydrogen-bond donors (Lipinski definition) is 2. The fourth-order valence-electron chi connectivity index (χ4n) is 2.84. The molecular weight excluding hydrogens is 264 g/mol. The van der Waals surface area contributed by atoms with Gasteiger partial charge in [0.15, 0.2) is 0 Å². The maximum absolute atomic E-state index is 12.0. The molecule has 0 bridgehead atoms. The lowest BCUT2D eigenvalue weighted by Crippen LogP contribution is -2.52. The van der Waals surface area contributed by atoms with Gasteiger partial charge in [-0.15, -0.1) is 0 Å². The second kappa shape index (κ2) is 7.43. The number of nitrogens with one attached hydrogen (secondary N) is 1. The van der Waals surface area contributed by atoms with Crippen molar-refractivity contribution >= 4 is 17.3 Å². The van der Waals surface area contributed by atoms with E-state index in [1.165, 1.54) is 0 Å². The molecule has 1 aromatic rings. The van der Waals surface area contributed by atoms with Gasteiger partial charge >= 0.3 is 0 Å². The quantitative estimate of drug-likeness (QED) is 0.809. The number of amides is 1. The fraction of sp³-hybridized carbons (Fsp3) is 0.562. The molecule has 0 radical (unpaired) electrons. The Balaban J connectivity index is 1.74. The highest BCUT2D eigenvalue weighted by atomic mass is 16.1. The summed E-state index contributed by atoms with van der Waals surface area (Å²) >= 11 is 0. The molecule has 0 aromatic heterocycles. The summed E-state index contributed by atoms with van der Waals surface area (Å²) in [5, 5.41) is 2.90. The van der Waals surface area contributed by atoms with Gasteiger partial charge in [0.2, 0.25) is 5.91 Å². The zero-order chi connectivity index (χ0) is 15.2. The van der Waals surface area contributed by atoms with Crippen LogP contribution >= 0.6 is 0 Å². The minimum Gasteiger partial charge on any atom is -0.399 e. The van der Waals surface area contributed by atoms with Crippen molar-refractivity contribution in [3.05, 3.63) is 24.3 Å². The number of carbonyl (C=O) groups excluding carboxylic acids is 1. The molecular formula is C16H26N4O. The zero-order valence-corrected chi connectivity index (χ0v) is 13.0. The highest BCUT2D eigenvalue weighted by Crippen LogP contribution is 2.13. The summed E-state index contributed by atoms with van der Waals surface area (Å²) in [5.74, 6) is 0.0474. The average Bonchev–Trinajstić information content (AvgIpc) is 2.45. The average molecular weight is 290 g/mol. The Kier molecular flexibility index (Phi) is 5.59. The first-order valence-corrected chi connectivity index (χ1v) is 7.70. The molecule has 5 nitrogen and oxygen atoms in total. The van der Waals surface area contributed by atoms with Gasteiger partial charge in [0.25, 0.3) is 0 Å². The van der Waals surface area contributed by atoms with Crippen LogP contribution in [-0.2, 0) is 4.79 Å². The van der Waals surface area contributed by atoms with E-state index in [1.54, 1.807) is 6.07 Å². The molecule has 0 spiro atoms. The summed E-state index contributed by atoms with van der Waals surface area (Å²) in [4.78, 5) is 16.8. The lowest BCUT2D eigenvalue weighted by molar-refractivity contribution is -0.116. The Morgan fingerprint density at radius 2 is 2.24 bits per heavy atom. The first-order valence-electron chi connectivity index (χ1n) is 7.70. The van der Waals surface area contributed by atoms with Crippen molar-refractivity contribution < 1.29 is 4.79 Å². The van der Waals surface area contributed by atoms with E-state index >= 15 is 0 Å². The Morgan fingerprint density at radius 3 is 2.90 bits per heavy atom. The number of carbonyl (C=O) groups is 1. The molecule has 1 saturated heterocycles. The number of likely N-dealkylation sites (N-methyl/N-ethyl adjacent to an activating group) is 1. The topological polar surface area (TPSA) is 61.6 Å². The van der Waals surface area contributed by atoms with Crippen molar-refractivity contribution in [2.24, 2.45) is 0 Å². The second-order valence-corrected chi connectivity index (χ2v) is 5.70. The molecule has 1 heterocycles. The largest absolute Gasteiger partial charge is 0.399 e. The second-order valence-electron chi connectivity index (χ2n) is 5.70. The molecule has 2 rings (SSSR count). The molecule has 1 aliphatic heterocycles. The number of hydrogen-bond acceptors (Lipinski definition) is 4. The predicted molar refractivity (Wildman–Crippen MR) is 87.3 cm³/mol. The maximum Gasteiger partial charge on any atom is 0.225 e. The number of anilines is 2. The van der Waals surface area contributed by atoms with E-state index in [2.05, 4.69) is 29.0 Å². The minimum absolute atomic E-state index is 0.0474. The minimum atomic E-state index is 0.0474. The summed E-state index contributed by atoms with van der Waals surface area (Å²) in [6.45, 7) is 9.55. The van der Waals surface area contributed by atoms with E-state index in [1.807, 2.05) is 18.2 Å². The molecule has 5 heteroatoms. The Bertz CT molecular complexity index is 477. The van der Waals surface area contributed by atoms with Gasteiger partial charge < -0.3 is 16.0 Å². The molecule has 1 unspecified atom stereocenters. The summed E-state index contributed by atoms with van der Waals surface area (Å²) in [6.07, 6.45) is 0.521. The van der Waals surface area contributed by atoms with Crippen LogP contribution in [0.4, 0.5) is 11.4 Å². The fourth-order valence-corrected chi connectivity index (χ4v) is 2.84. The molecule has 1 atom stereocenters. The molecule has 1 amide bonds. The van der Waals surface area contributed by atoms with E-state index in [9.17, 15) is 4.79 Å². The zero-order valence-electron chi connectivity index (χ0n) is 13.0. The molecule has 1 aromatic carbocycles. The van der Waals surface area contributed by atoms with E-state index in [-0.39, 0.29) is 5.91 Å². The van der Waals surface area contributed by atoms with Crippen molar-refractivity contribution in [1.82, 2.24) is 9.80 Å². The van der Waals surface area contributed by atoms with Crippen LogP contribution in [0.5, 0.6) is 0 Å². The highest BCUT2D eigenvalue weighted by Gasteiger charge is 2.22. The Morgan fingerprint density at radius 1 is 1.43 bits per heavy atom. The maximum atomic E-state index is 12.0. The van der Waals surface area contributed by atoms with Crippen molar-refractivity contribution in [3.63, 3.8) is 0 Å². The SMILES string of the molecule is CCN1CCN(CCC(=O)Nc2cccc(N)c2)CC1C. The molecule has 0 aliphatic carbocycles. The number of nitrogen functional groups attached to an aromatic ring is 1. The van der Waals surface area contributed by atoms with Gasteiger partial charge in [0.05, 0.1) is 0 Å². The van der Waals surface area contributed by atoms with Gasteiger partial charge in [0, 0.05) is 50.0 Å². The summed E-state index contributed by atoms with van der Waals surface area (Å²) < 4.78 is 0. The third-order valence-corrected chi connectivity index (χ3v) is 4.08. The van der Waals surface area contributed by atoms with Gasteiger partial charge in [-0.2, -0.15) is 0 Å². The van der Waals surface area contributed by atoms with Gasteiger partial charge in [-0.05, 0) is 31.7 Å². The van der Waals surface area contributed by atoms with Crippen LogP contribution in [0.15, 0.2) is 24.3 Å². The molecule has 21 heavy (non-hydrogen) atoms. The summed E-state index contributed by atoms with van der Waals surface area (Å²) in [7, 11) is 0. The first kappa shape index (κ1) is 15.8. The normalized spacial score (nSPS) is 20.4. The van der Waals surface area contributed by atoms with Crippen molar-refractivity contribution in [1.29, 1.82) is 0 Å². The number of nitrogens with zero attached hydrogens (tertiary/aromatic N) is 2. The Labute approximate surface area is 127 Å². The number of rotatable bonds is 5. The van der Waals surface area contributed by atoms with Gasteiger partial charge in [-0.1, -0.05) is 13.0 Å². The number of nitrogens with two attached hydrogens (primary N) is 1. The highest BCUT2D eigenvalue weighted by molar-refractivity contribution is 5.91. The van der Waals surface area contributed by atoms with Crippen LogP contribution in [0.1, 0.15) is 20.3 Å². The smallest absolute Gasteiger partial charge is 0.225 e. The third-order valence-electron chi connectivity index (χ3n) is 4.08. The number of piperazine rings is 1. The first-order chi connectivity index (χ1) is 10.1. The van der Waals surface area contributed by atoms with Crippen LogP contribution in [0, 0.1) is 0 Å². The van der Waals surface area contributed by atoms with Crippen molar-refractivity contribution in [3.8, 4) is 0 Å². The lowest BCUT2D eigenvalue weighted by Gasteiger charge is -2.39. The van der Waals surface area contributed by atoms with Gasteiger partial charge in [-0.3, -0.25) is 9.69 Å². The van der Waals surface area contributed by atoms with Crippen molar-refractivity contribution in [2.45, 2.75) is 26.3 Å². The van der Waals surface area contributed by atoms with E-state index in [0.29, 0.717) is 18.2 Å². The predicted octanol–water partition coefficient (Wildman–Crippen LogP) is 1.62. The monoisotopic (exact) mass is 290 g/mol. The van der Waals surface area contributed by atoms with Crippen molar-refractivity contribution in [2.75, 3.05) is 43.8 Å². The molecule has 1 fully saturated rings. The van der Waals surface area contributed by atoms with Crippen LogP contribution in [0.2, 0.25) is 0 Å². The molecule has 1 aliphatic rings. The van der Waals surface area contributed by atoms with E-state index in [0.717, 1.165) is 38.4 Å². The molecule has 116 valence electrons.